The molecule has 3 rings (SSSR count). The van der Waals surface area contributed by atoms with Gasteiger partial charge in [0.2, 0.25) is 5.88 Å². The average Bonchev–Trinajstić information content (AvgIpc) is 2.93. The molecule has 21 heavy (non-hydrogen) atoms. The lowest BCUT2D eigenvalue weighted by molar-refractivity contribution is 0.195. The first-order chi connectivity index (χ1) is 10.3. The number of ether oxygens (including phenoxy) is 1. The third-order valence-corrected chi connectivity index (χ3v) is 3.29. The van der Waals surface area contributed by atoms with Crippen LogP contribution >= 0.6 is 0 Å². The van der Waals surface area contributed by atoms with Gasteiger partial charge in [-0.05, 0) is 6.07 Å². The molecule has 2 N–H and O–H groups in total. The number of hydrogen-bond donors (Lipinski definition) is 2. The Morgan fingerprint density at radius 2 is 2.43 bits per heavy atom. The molecular weight excluding hydrogens is 266 g/mol. The molecule has 0 fully saturated rings. The van der Waals surface area contributed by atoms with E-state index >= 15 is 0 Å². The van der Waals surface area contributed by atoms with Gasteiger partial charge in [-0.3, -0.25) is 4.68 Å². The van der Waals surface area contributed by atoms with Gasteiger partial charge in [-0.25, -0.2) is 4.98 Å². The highest BCUT2D eigenvalue weighted by molar-refractivity contribution is 5.69. The van der Waals surface area contributed by atoms with Gasteiger partial charge in [-0.15, -0.1) is 6.42 Å². The van der Waals surface area contributed by atoms with Gasteiger partial charge < -0.3 is 15.4 Å². The predicted octanol–water partition coefficient (Wildman–Crippen LogP) is 0.878. The minimum atomic E-state index is 0.0302. The van der Waals surface area contributed by atoms with Crippen LogP contribution in [0.3, 0.4) is 0 Å². The van der Waals surface area contributed by atoms with Crippen molar-refractivity contribution in [1.82, 2.24) is 20.1 Å². The van der Waals surface area contributed by atoms with E-state index < -0.39 is 0 Å². The van der Waals surface area contributed by atoms with Gasteiger partial charge in [0.1, 0.15) is 6.10 Å². The molecule has 0 spiro atoms. The van der Waals surface area contributed by atoms with Gasteiger partial charge in [0.15, 0.2) is 0 Å². The largest absolute Gasteiger partial charge is 0.470 e. The van der Waals surface area contributed by atoms with E-state index in [-0.39, 0.29) is 6.10 Å². The maximum absolute atomic E-state index is 5.85. The van der Waals surface area contributed by atoms with Crippen LogP contribution in [0.5, 0.6) is 5.88 Å². The zero-order chi connectivity index (χ0) is 14.7. The maximum atomic E-state index is 5.85. The highest BCUT2D eigenvalue weighted by Crippen LogP contribution is 2.30. The lowest BCUT2D eigenvalue weighted by Gasteiger charge is -2.26. The van der Waals surface area contributed by atoms with Crippen molar-refractivity contribution >= 4 is 5.69 Å². The summed E-state index contributed by atoms with van der Waals surface area (Å²) in [6, 6.07) is 2.03. The summed E-state index contributed by atoms with van der Waals surface area (Å²) in [5.74, 6) is 3.17. The number of fused-ring (bicyclic) bond motifs is 1. The minimum absolute atomic E-state index is 0.0302. The normalized spacial score (nSPS) is 16.5. The molecule has 2 aromatic rings. The SMILES string of the molecule is C#CCNC[C@@H]1CNc2cc(-c3cnn(C)c3)cnc2O1. The Kier molecular flexibility index (Phi) is 3.75. The Hall–Kier alpha value is -2.52. The van der Waals surface area contributed by atoms with E-state index in [1.54, 1.807) is 10.9 Å². The van der Waals surface area contributed by atoms with Crippen molar-refractivity contribution in [1.29, 1.82) is 0 Å². The maximum Gasteiger partial charge on any atom is 0.237 e. The van der Waals surface area contributed by atoms with Crippen LogP contribution in [0.15, 0.2) is 24.7 Å². The summed E-state index contributed by atoms with van der Waals surface area (Å²) in [6.07, 6.45) is 10.8. The van der Waals surface area contributed by atoms with Gasteiger partial charge in [0.05, 0.1) is 25.0 Å². The standard InChI is InChI=1S/C15H17N5O/c1-3-4-16-8-13-9-17-14-5-11(6-18-15(14)21-13)12-7-19-20(2)10-12/h1,5-7,10,13,16-17H,4,8-9H2,2H3/t13-/m1/s1. The van der Waals surface area contributed by atoms with Crippen LogP contribution in [0.1, 0.15) is 0 Å². The molecule has 1 aliphatic rings. The average molecular weight is 283 g/mol. The summed E-state index contributed by atoms with van der Waals surface area (Å²) in [5, 5.41) is 10.7. The van der Waals surface area contributed by atoms with Crippen molar-refractivity contribution in [3.63, 3.8) is 0 Å². The molecule has 0 saturated heterocycles. The van der Waals surface area contributed by atoms with Gasteiger partial charge in [-0.1, -0.05) is 5.92 Å². The third kappa shape index (κ3) is 2.98. The number of anilines is 1. The molecule has 0 aliphatic carbocycles. The fraction of sp³-hybridized carbons (Fsp3) is 0.333. The second-order valence-corrected chi connectivity index (χ2v) is 4.94. The van der Waals surface area contributed by atoms with E-state index in [1.165, 1.54) is 0 Å². The zero-order valence-electron chi connectivity index (χ0n) is 11.8. The molecule has 0 radical (unpaired) electrons. The molecule has 0 saturated carbocycles. The van der Waals surface area contributed by atoms with E-state index in [2.05, 4.69) is 26.6 Å². The monoisotopic (exact) mass is 283 g/mol. The molecular formula is C15H17N5O. The molecule has 0 amide bonds. The van der Waals surface area contributed by atoms with Gasteiger partial charge in [-0.2, -0.15) is 5.10 Å². The number of aromatic nitrogens is 3. The first-order valence-corrected chi connectivity index (χ1v) is 6.80. The van der Waals surface area contributed by atoms with Crippen molar-refractivity contribution < 1.29 is 4.74 Å². The number of hydrogen-bond acceptors (Lipinski definition) is 5. The predicted molar refractivity (Wildman–Crippen MR) is 81.0 cm³/mol. The number of aryl methyl sites for hydroxylation is 1. The molecule has 1 atom stereocenters. The lowest BCUT2D eigenvalue weighted by Crippen LogP contribution is -2.39. The van der Waals surface area contributed by atoms with Crippen molar-refractivity contribution in [2.45, 2.75) is 6.10 Å². The van der Waals surface area contributed by atoms with Gasteiger partial charge in [0, 0.05) is 37.1 Å². The quantitative estimate of drug-likeness (QED) is 0.644. The fourth-order valence-corrected chi connectivity index (χ4v) is 2.24. The van der Waals surface area contributed by atoms with Crippen LogP contribution in [-0.4, -0.2) is 40.5 Å². The Bertz CT molecular complexity index is 673. The minimum Gasteiger partial charge on any atom is -0.470 e. The summed E-state index contributed by atoms with van der Waals surface area (Å²) in [7, 11) is 1.89. The summed E-state index contributed by atoms with van der Waals surface area (Å²) >= 11 is 0. The number of nitrogens with zero attached hydrogens (tertiary/aromatic N) is 3. The fourth-order valence-electron chi connectivity index (χ4n) is 2.24. The highest BCUT2D eigenvalue weighted by Gasteiger charge is 2.20. The van der Waals surface area contributed by atoms with E-state index in [0.29, 0.717) is 19.0 Å². The van der Waals surface area contributed by atoms with E-state index in [1.807, 2.05) is 25.5 Å². The summed E-state index contributed by atoms with van der Waals surface area (Å²) in [6.45, 7) is 1.96. The van der Waals surface area contributed by atoms with Crippen molar-refractivity contribution in [2.75, 3.05) is 25.0 Å². The molecule has 0 bridgehead atoms. The number of rotatable bonds is 4. The van der Waals surface area contributed by atoms with Crippen molar-refractivity contribution in [3.05, 3.63) is 24.7 Å². The van der Waals surface area contributed by atoms with Crippen LogP contribution in [0, 0.1) is 12.3 Å². The van der Waals surface area contributed by atoms with E-state index in [9.17, 15) is 0 Å². The van der Waals surface area contributed by atoms with Crippen LogP contribution in [0.2, 0.25) is 0 Å². The molecule has 3 heterocycles. The Labute approximate surface area is 123 Å². The van der Waals surface area contributed by atoms with Crippen LogP contribution in [0.4, 0.5) is 5.69 Å². The number of pyridine rings is 1. The molecule has 2 aromatic heterocycles. The summed E-state index contributed by atoms with van der Waals surface area (Å²) in [4.78, 5) is 4.39. The molecule has 6 heteroatoms. The topological polar surface area (TPSA) is 64.0 Å². The lowest BCUT2D eigenvalue weighted by atomic mass is 10.1. The highest BCUT2D eigenvalue weighted by atomic mass is 16.5. The van der Waals surface area contributed by atoms with Crippen LogP contribution in [0.25, 0.3) is 11.1 Å². The molecule has 6 nitrogen and oxygen atoms in total. The zero-order valence-corrected chi connectivity index (χ0v) is 11.8. The van der Waals surface area contributed by atoms with Crippen LogP contribution in [-0.2, 0) is 7.05 Å². The number of terminal acetylenes is 1. The second kappa shape index (κ2) is 5.85. The van der Waals surface area contributed by atoms with Crippen molar-refractivity contribution in [2.24, 2.45) is 7.05 Å². The van der Waals surface area contributed by atoms with Gasteiger partial charge >= 0.3 is 0 Å². The molecule has 0 unspecified atom stereocenters. The van der Waals surface area contributed by atoms with Crippen molar-refractivity contribution in [3.8, 4) is 29.4 Å². The number of nitrogens with one attached hydrogen (secondary N) is 2. The Morgan fingerprint density at radius 1 is 1.52 bits per heavy atom. The first kappa shape index (κ1) is 13.5. The Balaban J connectivity index is 1.72. The Morgan fingerprint density at radius 3 is 3.19 bits per heavy atom. The first-order valence-electron chi connectivity index (χ1n) is 6.80. The molecule has 108 valence electrons. The smallest absolute Gasteiger partial charge is 0.237 e. The summed E-state index contributed by atoms with van der Waals surface area (Å²) in [5.41, 5.74) is 2.96. The van der Waals surface area contributed by atoms with E-state index in [4.69, 9.17) is 11.2 Å². The third-order valence-electron chi connectivity index (χ3n) is 3.29. The van der Waals surface area contributed by atoms with E-state index in [0.717, 1.165) is 23.4 Å². The molecule has 1 aliphatic heterocycles. The second-order valence-electron chi connectivity index (χ2n) is 4.94. The van der Waals surface area contributed by atoms with Crippen LogP contribution < -0.4 is 15.4 Å². The molecule has 0 aromatic carbocycles. The van der Waals surface area contributed by atoms with Gasteiger partial charge in [0.25, 0.3) is 0 Å². The summed E-state index contributed by atoms with van der Waals surface area (Å²) < 4.78 is 7.62.